The van der Waals surface area contributed by atoms with Gasteiger partial charge in [-0.15, -0.1) is 0 Å². The van der Waals surface area contributed by atoms with Crippen LogP contribution in [0.3, 0.4) is 0 Å². The standard InChI is InChI=1S/C7H6N4O/c8-6-5-1-4(12)2-9-7(5)11-3-10-6/h1-3,12H,(H2,8,9,10,11). The van der Waals surface area contributed by atoms with E-state index in [1.54, 1.807) is 0 Å². The maximum absolute atomic E-state index is 9.08. The van der Waals surface area contributed by atoms with Crippen LogP contribution >= 0.6 is 0 Å². The molecule has 2 aromatic heterocycles. The number of fused-ring (bicyclic) bond motifs is 1. The first-order valence-corrected chi connectivity index (χ1v) is 3.32. The van der Waals surface area contributed by atoms with E-state index in [0.717, 1.165) is 0 Å². The van der Waals surface area contributed by atoms with E-state index in [0.29, 0.717) is 16.9 Å². The fraction of sp³-hybridized carbons (Fsp3) is 0. The van der Waals surface area contributed by atoms with Crippen LogP contribution < -0.4 is 5.73 Å². The average Bonchev–Trinajstić information content (AvgIpc) is 2.07. The number of aromatic nitrogens is 3. The van der Waals surface area contributed by atoms with Gasteiger partial charge in [0.15, 0.2) is 5.65 Å². The minimum absolute atomic E-state index is 0.0593. The molecule has 0 atom stereocenters. The molecule has 0 unspecified atom stereocenters. The van der Waals surface area contributed by atoms with Crippen LogP contribution in [0.2, 0.25) is 0 Å². The molecule has 0 saturated carbocycles. The first-order valence-electron chi connectivity index (χ1n) is 3.32. The predicted molar refractivity (Wildman–Crippen MR) is 43.4 cm³/mol. The Morgan fingerprint density at radius 2 is 2.08 bits per heavy atom. The number of nitrogen functional groups attached to an aromatic ring is 1. The number of hydrogen-bond acceptors (Lipinski definition) is 5. The maximum Gasteiger partial charge on any atom is 0.164 e. The minimum atomic E-state index is 0.0593. The van der Waals surface area contributed by atoms with Crippen LogP contribution in [0.4, 0.5) is 5.82 Å². The van der Waals surface area contributed by atoms with Crippen molar-refractivity contribution in [3.63, 3.8) is 0 Å². The fourth-order valence-electron chi connectivity index (χ4n) is 0.953. The van der Waals surface area contributed by atoms with Gasteiger partial charge >= 0.3 is 0 Å². The minimum Gasteiger partial charge on any atom is -0.506 e. The van der Waals surface area contributed by atoms with E-state index in [9.17, 15) is 0 Å². The summed E-state index contributed by atoms with van der Waals surface area (Å²) in [5, 5.41) is 9.65. The SMILES string of the molecule is Nc1ncnc2ncc(O)cc12. The van der Waals surface area contributed by atoms with Crippen molar-refractivity contribution in [3.8, 4) is 5.75 Å². The Kier molecular flexibility index (Phi) is 1.30. The number of anilines is 1. The van der Waals surface area contributed by atoms with E-state index in [4.69, 9.17) is 10.8 Å². The van der Waals surface area contributed by atoms with Gasteiger partial charge in [0.25, 0.3) is 0 Å². The fourth-order valence-corrected chi connectivity index (χ4v) is 0.953. The van der Waals surface area contributed by atoms with Crippen molar-refractivity contribution in [3.05, 3.63) is 18.6 Å². The van der Waals surface area contributed by atoms with Crippen LogP contribution in [0.5, 0.6) is 5.75 Å². The van der Waals surface area contributed by atoms with Crippen molar-refractivity contribution >= 4 is 16.9 Å². The third kappa shape index (κ3) is 0.914. The molecule has 0 bridgehead atoms. The molecule has 12 heavy (non-hydrogen) atoms. The number of pyridine rings is 1. The zero-order chi connectivity index (χ0) is 8.55. The van der Waals surface area contributed by atoms with Gasteiger partial charge in [-0.1, -0.05) is 0 Å². The molecule has 0 saturated heterocycles. The van der Waals surface area contributed by atoms with Crippen LogP contribution in [-0.4, -0.2) is 20.1 Å². The Balaban J connectivity index is 2.88. The second kappa shape index (κ2) is 2.30. The van der Waals surface area contributed by atoms with Gasteiger partial charge in [0.1, 0.15) is 17.9 Å². The molecule has 0 aliphatic carbocycles. The van der Waals surface area contributed by atoms with Gasteiger partial charge in [-0.05, 0) is 6.07 Å². The average molecular weight is 162 g/mol. The predicted octanol–water partition coefficient (Wildman–Crippen LogP) is 0.313. The molecule has 3 N–H and O–H groups in total. The van der Waals surface area contributed by atoms with Crippen molar-refractivity contribution in [2.75, 3.05) is 5.73 Å². The molecule has 0 amide bonds. The van der Waals surface area contributed by atoms with Crippen molar-refractivity contribution in [1.82, 2.24) is 15.0 Å². The molecule has 0 aliphatic rings. The molecular weight excluding hydrogens is 156 g/mol. The second-order valence-corrected chi connectivity index (χ2v) is 2.32. The summed E-state index contributed by atoms with van der Waals surface area (Å²) in [5.41, 5.74) is 6.01. The van der Waals surface area contributed by atoms with Crippen LogP contribution in [0.25, 0.3) is 11.0 Å². The molecular formula is C7H6N4O. The highest BCUT2D eigenvalue weighted by atomic mass is 16.3. The quantitative estimate of drug-likeness (QED) is 0.582. The Hall–Kier alpha value is -1.91. The zero-order valence-corrected chi connectivity index (χ0v) is 6.10. The van der Waals surface area contributed by atoms with E-state index >= 15 is 0 Å². The van der Waals surface area contributed by atoms with Gasteiger partial charge in [0.2, 0.25) is 0 Å². The summed E-state index contributed by atoms with van der Waals surface area (Å²) in [4.78, 5) is 11.5. The van der Waals surface area contributed by atoms with Gasteiger partial charge in [-0.2, -0.15) is 0 Å². The topological polar surface area (TPSA) is 84.9 Å². The van der Waals surface area contributed by atoms with Gasteiger partial charge in [-0.25, -0.2) is 15.0 Å². The number of rotatable bonds is 0. The van der Waals surface area contributed by atoms with E-state index < -0.39 is 0 Å². The van der Waals surface area contributed by atoms with E-state index in [2.05, 4.69) is 15.0 Å². The summed E-state index contributed by atoms with van der Waals surface area (Å²) in [6, 6.07) is 1.48. The summed E-state index contributed by atoms with van der Waals surface area (Å²) in [7, 11) is 0. The van der Waals surface area contributed by atoms with Crippen LogP contribution in [0.1, 0.15) is 0 Å². The summed E-state index contributed by atoms with van der Waals surface area (Å²) >= 11 is 0. The van der Waals surface area contributed by atoms with Gasteiger partial charge in [-0.3, -0.25) is 0 Å². The molecule has 0 aromatic carbocycles. The lowest BCUT2D eigenvalue weighted by Crippen LogP contribution is -1.93. The number of hydrogen-bond donors (Lipinski definition) is 2. The molecule has 5 nitrogen and oxygen atoms in total. The normalized spacial score (nSPS) is 10.3. The molecule has 0 radical (unpaired) electrons. The number of aromatic hydroxyl groups is 1. The van der Waals surface area contributed by atoms with Crippen molar-refractivity contribution in [2.45, 2.75) is 0 Å². The lowest BCUT2D eigenvalue weighted by molar-refractivity contribution is 0.474. The molecule has 2 heterocycles. The first-order chi connectivity index (χ1) is 5.77. The van der Waals surface area contributed by atoms with E-state index in [1.165, 1.54) is 18.6 Å². The van der Waals surface area contributed by atoms with Crippen LogP contribution in [-0.2, 0) is 0 Å². The van der Waals surface area contributed by atoms with Crippen LogP contribution in [0.15, 0.2) is 18.6 Å². The summed E-state index contributed by atoms with van der Waals surface area (Å²) in [6.45, 7) is 0. The molecule has 60 valence electrons. The van der Waals surface area contributed by atoms with E-state index in [1.807, 2.05) is 0 Å². The third-order valence-corrected chi connectivity index (χ3v) is 1.51. The highest BCUT2D eigenvalue weighted by molar-refractivity contribution is 5.85. The summed E-state index contributed by atoms with van der Waals surface area (Å²) in [6.07, 6.45) is 2.65. The Labute approximate surface area is 67.9 Å². The molecule has 0 fully saturated rings. The Morgan fingerprint density at radius 3 is 2.92 bits per heavy atom. The Bertz CT molecular complexity index is 429. The van der Waals surface area contributed by atoms with Gasteiger partial charge in [0, 0.05) is 0 Å². The van der Waals surface area contributed by atoms with Gasteiger partial charge in [0.05, 0.1) is 11.6 Å². The second-order valence-electron chi connectivity index (χ2n) is 2.32. The molecule has 2 aromatic rings. The van der Waals surface area contributed by atoms with Gasteiger partial charge < -0.3 is 10.8 Å². The van der Waals surface area contributed by atoms with Crippen molar-refractivity contribution in [2.24, 2.45) is 0 Å². The maximum atomic E-state index is 9.08. The highest BCUT2D eigenvalue weighted by Crippen LogP contribution is 2.18. The lowest BCUT2D eigenvalue weighted by Gasteiger charge is -1.98. The summed E-state index contributed by atoms with van der Waals surface area (Å²) in [5.74, 6) is 0.382. The molecule has 0 aliphatic heterocycles. The number of nitrogens with two attached hydrogens (primary N) is 1. The summed E-state index contributed by atoms with van der Waals surface area (Å²) < 4.78 is 0. The largest absolute Gasteiger partial charge is 0.506 e. The molecule has 5 heteroatoms. The van der Waals surface area contributed by atoms with Crippen molar-refractivity contribution < 1.29 is 5.11 Å². The van der Waals surface area contributed by atoms with Crippen LogP contribution in [0, 0.1) is 0 Å². The van der Waals surface area contributed by atoms with Crippen molar-refractivity contribution in [1.29, 1.82) is 0 Å². The lowest BCUT2D eigenvalue weighted by atomic mass is 10.3. The highest BCUT2D eigenvalue weighted by Gasteiger charge is 2.01. The first kappa shape index (κ1) is 6.78. The zero-order valence-electron chi connectivity index (χ0n) is 6.10. The van der Waals surface area contributed by atoms with E-state index in [-0.39, 0.29) is 5.75 Å². The number of nitrogens with zero attached hydrogens (tertiary/aromatic N) is 3. The molecule has 0 spiro atoms. The molecule has 2 rings (SSSR count). The third-order valence-electron chi connectivity index (χ3n) is 1.51. The monoisotopic (exact) mass is 162 g/mol. The smallest absolute Gasteiger partial charge is 0.164 e. The Morgan fingerprint density at radius 1 is 1.25 bits per heavy atom.